The normalized spacial score (nSPS) is 10.5. The van der Waals surface area contributed by atoms with Crippen LogP contribution in [0.3, 0.4) is 0 Å². The molecule has 0 bridgehead atoms. The van der Waals surface area contributed by atoms with Gasteiger partial charge in [-0.15, -0.1) is 0 Å². The standard InChI is InChI=1S/C14H15NO4/c1-8-4-5-11(6-13(8)16)14(17)18-7-12-9(2)15-19-10(12)3/h4-6,16H,7H2,1-3H3. The molecule has 0 amide bonds. The highest BCUT2D eigenvalue weighted by molar-refractivity contribution is 5.90. The lowest BCUT2D eigenvalue weighted by Gasteiger charge is -2.06. The van der Waals surface area contributed by atoms with Gasteiger partial charge < -0.3 is 14.4 Å². The van der Waals surface area contributed by atoms with Crippen LogP contribution in [-0.2, 0) is 11.3 Å². The Bertz CT molecular complexity index is 596. The molecule has 0 atom stereocenters. The number of phenolic OH excluding ortho intramolecular Hbond substituents is 1. The van der Waals surface area contributed by atoms with Gasteiger partial charge in [0.25, 0.3) is 0 Å². The first-order valence-corrected chi connectivity index (χ1v) is 5.87. The smallest absolute Gasteiger partial charge is 0.338 e. The van der Waals surface area contributed by atoms with E-state index >= 15 is 0 Å². The third-order valence-electron chi connectivity index (χ3n) is 2.97. The molecular formula is C14H15NO4. The average Bonchev–Trinajstić information content (AvgIpc) is 2.69. The van der Waals surface area contributed by atoms with Crippen molar-refractivity contribution in [1.29, 1.82) is 0 Å². The molecule has 1 aromatic heterocycles. The van der Waals surface area contributed by atoms with Crippen molar-refractivity contribution in [3.8, 4) is 5.75 Å². The van der Waals surface area contributed by atoms with Crippen molar-refractivity contribution >= 4 is 5.97 Å². The fourth-order valence-electron chi connectivity index (χ4n) is 1.67. The van der Waals surface area contributed by atoms with E-state index in [1.807, 2.05) is 0 Å². The Balaban J connectivity index is 2.07. The summed E-state index contributed by atoms with van der Waals surface area (Å²) in [6.45, 7) is 5.42. The van der Waals surface area contributed by atoms with Crippen molar-refractivity contribution in [2.45, 2.75) is 27.4 Å². The summed E-state index contributed by atoms with van der Waals surface area (Å²) in [5.74, 6) is 0.221. The second-order valence-electron chi connectivity index (χ2n) is 4.38. The molecule has 1 heterocycles. The van der Waals surface area contributed by atoms with Gasteiger partial charge in [0.2, 0.25) is 0 Å². The van der Waals surface area contributed by atoms with E-state index in [0.29, 0.717) is 22.6 Å². The molecule has 0 unspecified atom stereocenters. The van der Waals surface area contributed by atoms with Gasteiger partial charge in [-0.2, -0.15) is 0 Å². The van der Waals surface area contributed by atoms with Crippen molar-refractivity contribution < 1.29 is 19.2 Å². The quantitative estimate of drug-likeness (QED) is 0.860. The van der Waals surface area contributed by atoms with Crippen LogP contribution in [0.15, 0.2) is 22.7 Å². The zero-order valence-electron chi connectivity index (χ0n) is 11.1. The van der Waals surface area contributed by atoms with Gasteiger partial charge in [-0.1, -0.05) is 11.2 Å². The van der Waals surface area contributed by atoms with E-state index in [9.17, 15) is 9.90 Å². The summed E-state index contributed by atoms with van der Waals surface area (Å²) in [6, 6.07) is 4.68. The molecule has 0 aliphatic heterocycles. The molecular weight excluding hydrogens is 246 g/mol. The van der Waals surface area contributed by atoms with E-state index in [4.69, 9.17) is 9.26 Å². The number of benzene rings is 1. The van der Waals surface area contributed by atoms with Crippen LogP contribution in [-0.4, -0.2) is 16.2 Å². The molecule has 0 radical (unpaired) electrons. The number of aromatic hydroxyl groups is 1. The lowest BCUT2D eigenvalue weighted by molar-refractivity contribution is 0.0470. The monoisotopic (exact) mass is 261 g/mol. The lowest BCUT2D eigenvalue weighted by Crippen LogP contribution is -2.06. The molecule has 19 heavy (non-hydrogen) atoms. The minimum absolute atomic E-state index is 0.0757. The summed E-state index contributed by atoms with van der Waals surface area (Å²) in [5.41, 5.74) is 2.50. The highest BCUT2D eigenvalue weighted by Crippen LogP contribution is 2.19. The number of hydrogen-bond donors (Lipinski definition) is 1. The van der Waals surface area contributed by atoms with E-state index in [0.717, 1.165) is 5.56 Å². The Morgan fingerprint density at radius 1 is 1.37 bits per heavy atom. The van der Waals surface area contributed by atoms with Crippen molar-refractivity contribution in [2.24, 2.45) is 0 Å². The van der Waals surface area contributed by atoms with Crippen LogP contribution < -0.4 is 0 Å². The number of ether oxygens (including phenoxy) is 1. The van der Waals surface area contributed by atoms with E-state index in [1.54, 1.807) is 32.9 Å². The van der Waals surface area contributed by atoms with Crippen molar-refractivity contribution in [3.63, 3.8) is 0 Å². The van der Waals surface area contributed by atoms with Gasteiger partial charge in [-0.05, 0) is 38.5 Å². The van der Waals surface area contributed by atoms with E-state index in [-0.39, 0.29) is 12.4 Å². The van der Waals surface area contributed by atoms with Gasteiger partial charge in [-0.25, -0.2) is 4.79 Å². The van der Waals surface area contributed by atoms with Gasteiger partial charge in [0.05, 0.1) is 16.8 Å². The number of carbonyl (C=O) groups excluding carboxylic acids is 1. The maximum atomic E-state index is 11.8. The highest BCUT2D eigenvalue weighted by Gasteiger charge is 2.13. The van der Waals surface area contributed by atoms with Crippen molar-refractivity contribution in [3.05, 3.63) is 46.3 Å². The van der Waals surface area contributed by atoms with Crippen LogP contribution in [0.1, 0.15) is 32.9 Å². The molecule has 100 valence electrons. The number of carbonyl (C=O) groups is 1. The first-order chi connectivity index (χ1) is 8.99. The summed E-state index contributed by atoms with van der Waals surface area (Å²) >= 11 is 0. The molecule has 2 aromatic rings. The number of nitrogens with zero attached hydrogens (tertiary/aromatic N) is 1. The molecule has 0 fully saturated rings. The van der Waals surface area contributed by atoms with E-state index in [1.165, 1.54) is 6.07 Å². The van der Waals surface area contributed by atoms with Crippen molar-refractivity contribution in [2.75, 3.05) is 0 Å². The zero-order chi connectivity index (χ0) is 14.0. The van der Waals surface area contributed by atoms with Crippen LogP contribution in [0.5, 0.6) is 5.75 Å². The highest BCUT2D eigenvalue weighted by atomic mass is 16.5. The summed E-state index contributed by atoms with van der Waals surface area (Å²) in [7, 11) is 0. The molecule has 1 aromatic carbocycles. The largest absolute Gasteiger partial charge is 0.508 e. The van der Waals surface area contributed by atoms with Gasteiger partial charge in [-0.3, -0.25) is 0 Å². The van der Waals surface area contributed by atoms with E-state index in [2.05, 4.69) is 5.16 Å². The predicted molar refractivity (Wildman–Crippen MR) is 67.9 cm³/mol. The molecule has 0 saturated heterocycles. The number of aryl methyl sites for hydroxylation is 3. The summed E-state index contributed by atoms with van der Waals surface area (Å²) in [4.78, 5) is 11.8. The minimum atomic E-state index is -0.490. The van der Waals surface area contributed by atoms with Gasteiger partial charge >= 0.3 is 5.97 Å². The zero-order valence-corrected chi connectivity index (χ0v) is 11.1. The number of aromatic nitrogens is 1. The SMILES string of the molecule is Cc1ccc(C(=O)OCc2c(C)noc2C)cc1O. The Kier molecular flexibility index (Phi) is 3.55. The number of rotatable bonds is 3. The lowest BCUT2D eigenvalue weighted by atomic mass is 10.1. The number of esters is 1. The maximum Gasteiger partial charge on any atom is 0.338 e. The Labute approximate surface area is 110 Å². The Morgan fingerprint density at radius 3 is 2.68 bits per heavy atom. The molecule has 2 rings (SSSR count). The summed E-state index contributed by atoms with van der Waals surface area (Å²) in [5, 5.41) is 13.3. The molecule has 5 heteroatoms. The molecule has 0 aliphatic rings. The van der Waals surface area contributed by atoms with Crippen LogP contribution in [0.25, 0.3) is 0 Å². The van der Waals surface area contributed by atoms with Gasteiger partial charge in [0.15, 0.2) is 0 Å². The van der Waals surface area contributed by atoms with Gasteiger partial charge in [0.1, 0.15) is 18.1 Å². The molecule has 1 N–H and O–H groups in total. The summed E-state index contributed by atoms with van der Waals surface area (Å²) in [6.07, 6.45) is 0. The Hall–Kier alpha value is -2.30. The van der Waals surface area contributed by atoms with Gasteiger partial charge in [0, 0.05) is 0 Å². The fraction of sp³-hybridized carbons (Fsp3) is 0.286. The van der Waals surface area contributed by atoms with Crippen LogP contribution in [0, 0.1) is 20.8 Å². The first kappa shape index (κ1) is 13.1. The number of hydrogen-bond acceptors (Lipinski definition) is 5. The maximum absolute atomic E-state index is 11.8. The molecule has 0 spiro atoms. The van der Waals surface area contributed by atoms with Crippen molar-refractivity contribution in [1.82, 2.24) is 5.16 Å². The van der Waals surface area contributed by atoms with Crippen LogP contribution >= 0.6 is 0 Å². The fourth-order valence-corrected chi connectivity index (χ4v) is 1.67. The molecule has 5 nitrogen and oxygen atoms in total. The second kappa shape index (κ2) is 5.14. The van der Waals surface area contributed by atoms with E-state index < -0.39 is 5.97 Å². The molecule has 0 aliphatic carbocycles. The third kappa shape index (κ3) is 2.76. The average molecular weight is 261 g/mol. The predicted octanol–water partition coefficient (Wildman–Crippen LogP) is 2.66. The summed E-state index contributed by atoms with van der Waals surface area (Å²) < 4.78 is 10.2. The van der Waals surface area contributed by atoms with Crippen LogP contribution in [0.2, 0.25) is 0 Å². The second-order valence-corrected chi connectivity index (χ2v) is 4.38. The third-order valence-corrected chi connectivity index (χ3v) is 2.97. The topological polar surface area (TPSA) is 72.6 Å². The first-order valence-electron chi connectivity index (χ1n) is 5.87. The number of phenols is 1. The Morgan fingerprint density at radius 2 is 2.11 bits per heavy atom. The van der Waals surface area contributed by atoms with Crippen LogP contribution in [0.4, 0.5) is 0 Å². The molecule has 0 saturated carbocycles. The minimum Gasteiger partial charge on any atom is -0.508 e.